The predicted octanol–water partition coefficient (Wildman–Crippen LogP) is 7.54. The highest BCUT2D eigenvalue weighted by atomic mass is 79.9. The Labute approximate surface area is 180 Å². The Kier molecular flexibility index (Phi) is 6.74. The summed E-state index contributed by atoms with van der Waals surface area (Å²) in [5.41, 5.74) is 1.94. The summed E-state index contributed by atoms with van der Waals surface area (Å²) < 4.78 is 20.8. The molecule has 0 fully saturated rings. The van der Waals surface area contributed by atoms with E-state index in [-0.39, 0.29) is 17.7 Å². The van der Waals surface area contributed by atoms with Gasteiger partial charge in [0.15, 0.2) is 0 Å². The van der Waals surface area contributed by atoms with Crippen LogP contribution in [0.5, 0.6) is 5.75 Å². The number of nitrogens with zero attached hydrogens (tertiary/aromatic N) is 1. The van der Waals surface area contributed by atoms with E-state index in [1.807, 2.05) is 18.2 Å². The highest BCUT2D eigenvalue weighted by molar-refractivity contribution is 9.10. The molecule has 0 amide bonds. The molecule has 3 aromatic rings. The summed E-state index contributed by atoms with van der Waals surface area (Å²) in [6.07, 6.45) is 1.60. The third-order valence-corrected chi connectivity index (χ3v) is 5.17. The number of ether oxygens (including phenoxy) is 1. The van der Waals surface area contributed by atoms with Gasteiger partial charge in [0.1, 0.15) is 18.2 Å². The number of halogens is 4. The minimum Gasteiger partial charge on any atom is -0.488 e. The van der Waals surface area contributed by atoms with Crippen LogP contribution in [0.2, 0.25) is 10.0 Å². The molecule has 0 spiro atoms. The van der Waals surface area contributed by atoms with Gasteiger partial charge in [0.2, 0.25) is 0 Å². The Balaban J connectivity index is 1.93. The normalized spacial score (nSPS) is 11.2. The van der Waals surface area contributed by atoms with E-state index in [0.717, 1.165) is 10.0 Å². The maximum atomic E-state index is 14.1. The van der Waals surface area contributed by atoms with Gasteiger partial charge >= 0.3 is 0 Å². The van der Waals surface area contributed by atoms with E-state index >= 15 is 0 Å². The number of hydrogen-bond acceptors (Lipinski definition) is 2. The Morgan fingerprint density at radius 3 is 2.57 bits per heavy atom. The van der Waals surface area contributed by atoms with Crippen LogP contribution in [0.3, 0.4) is 0 Å². The number of nitriles is 1. The number of hydrogen-bond donors (Lipinski definition) is 0. The van der Waals surface area contributed by atoms with Gasteiger partial charge in [0.05, 0.1) is 21.7 Å². The molecule has 0 atom stereocenters. The van der Waals surface area contributed by atoms with E-state index in [4.69, 9.17) is 27.9 Å². The Bertz CT molecular complexity index is 1090. The second-order valence-corrected chi connectivity index (χ2v) is 7.60. The van der Waals surface area contributed by atoms with E-state index in [2.05, 4.69) is 22.0 Å². The van der Waals surface area contributed by atoms with Gasteiger partial charge in [0.25, 0.3) is 0 Å². The molecule has 2 nitrogen and oxygen atoms in total. The van der Waals surface area contributed by atoms with Gasteiger partial charge in [-0.05, 0) is 48.0 Å². The summed E-state index contributed by atoms with van der Waals surface area (Å²) in [5.74, 6) is 0.0990. The standard InChI is InChI=1S/C22H13BrCl2FNO/c23-17-6-8-22(28-13-14-5-7-19(24)20(25)9-14)15(11-17)10-16(12-27)18-3-1-2-4-21(18)26/h1-11H,13H2. The maximum Gasteiger partial charge on any atom is 0.131 e. The molecule has 0 aliphatic heterocycles. The highest BCUT2D eigenvalue weighted by Gasteiger charge is 2.10. The third kappa shape index (κ3) is 4.94. The Morgan fingerprint density at radius 2 is 1.86 bits per heavy atom. The first kappa shape index (κ1) is 20.4. The second-order valence-electron chi connectivity index (χ2n) is 5.87. The lowest BCUT2D eigenvalue weighted by Crippen LogP contribution is -1.97. The largest absolute Gasteiger partial charge is 0.488 e. The van der Waals surface area contributed by atoms with Crippen LogP contribution in [-0.4, -0.2) is 0 Å². The summed E-state index contributed by atoms with van der Waals surface area (Å²) in [7, 11) is 0. The zero-order chi connectivity index (χ0) is 20.1. The van der Waals surface area contributed by atoms with Crippen LogP contribution in [0.25, 0.3) is 11.6 Å². The summed E-state index contributed by atoms with van der Waals surface area (Å²) >= 11 is 15.4. The summed E-state index contributed by atoms with van der Waals surface area (Å²) in [6, 6.07) is 18.9. The van der Waals surface area contributed by atoms with Crippen molar-refractivity contribution in [3.63, 3.8) is 0 Å². The molecule has 0 aliphatic rings. The Morgan fingerprint density at radius 1 is 1.07 bits per heavy atom. The summed E-state index contributed by atoms with van der Waals surface area (Å²) in [6.45, 7) is 0.265. The topological polar surface area (TPSA) is 33.0 Å². The molecule has 3 rings (SSSR count). The van der Waals surface area contributed by atoms with Crippen molar-refractivity contribution in [3.05, 3.63) is 97.7 Å². The number of rotatable bonds is 5. The molecule has 0 radical (unpaired) electrons. The van der Waals surface area contributed by atoms with Crippen molar-refractivity contribution < 1.29 is 9.13 Å². The zero-order valence-corrected chi connectivity index (χ0v) is 17.5. The highest BCUT2D eigenvalue weighted by Crippen LogP contribution is 2.30. The molecular formula is C22H13BrCl2FNO. The van der Waals surface area contributed by atoms with Crippen LogP contribution in [0.1, 0.15) is 16.7 Å². The molecule has 0 heterocycles. The zero-order valence-electron chi connectivity index (χ0n) is 14.4. The van der Waals surface area contributed by atoms with E-state index in [0.29, 0.717) is 21.4 Å². The van der Waals surface area contributed by atoms with Crippen LogP contribution < -0.4 is 4.74 Å². The fraction of sp³-hybridized carbons (Fsp3) is 0.0455. The molecule has 0 saturated carbocycles. The first-order valence-corrected chi connectivity index (χ1v) is 9.76. The third-order valence-electron chi connectivity index (χ3n) is 3.93. The Hall–Kier alpha value is -2.32. The molecule has 0 N–H and O–H groups in total. The fourth-order valence-electron chi connectivity index (χ4n) is 2.56. The van der Waals surface area contributed by atoms with E-state index in [1.54, 1.807) is 42.5 Å². The monoisotopic (exact) mass is 475 g/mol. The van der Waals surface area contributed by atoms with Crippen molar-refractivity contribution in [3.8, 4) is 11.8 Å². The molecule has 0 aliphatic carbocycles. The van der Waals surface area contributed by atoms with Crippen molar-refractivity contribution >= 4 is 50.8 Å². The minimum absolute atomic E-state index is 0.204. The van der Waals surface area contributed by atoms with Crippen molar-refractivity contribution in [2.75, 3.05) is 0 Å². The van der Waals surface area contributed by atoms with E-state index in [9.17, 15) is 9.65 Å². The summed E-state index contributed by atoms with van der Waals surface area (Å²) in [4.78, 5) is 0. The van der Waals surface area contributed by atoms with Crippen molar-refractivity contribution in [1.29, 1.82) is 5.26 Å². The maximum absolute atomic E-state index is 14.1. The van der Waals surface area contributed by atoms with Gasteiger partial charge in [-0.1, -0.05) is 63.4 Å². The summed E-state index contributed by atoms with van der Waals surface area (Å²) in [5, 5.41) is 10.4. The van der Waals surface area contributed by atoms with Gasteiger partial charge < -0.3 is 4.74 Å². The van der Waals surface area contributed by atoms with Crippen molar-refractivity contribution in [1.82, 2.24) is 0 Å². The van der Waals surface area contributed by atoms with Crippen molar-refractivity contribution in [2.24, 2.45) is 0 Å². The molecular weight excluding hydrogens is 464 g/mol. The predicted molar refractivity (Wildman–Crippen MR) is 115 cm³/mol. The lowest BCUT2D eigenvalue weighted by atomic mass is 10.0. The quantitative estimate of drug-likeness (QED) is 0.281. The van der Waals surface area contributed by atoms with Gasteiger partial charge in [-0.2, -0.15) is 5.26 Å². The van der Waals surface area contributed by atoms with Crippen LogP contribution in [-0.2, 0) is 6.61 Å². The molecule has 3 aromatic carbocycles. The molecule has 0 bridgehead atoms. The minimum atomic E-state index is -0.455. The number of allylic oxidation sites excluding steroid dienone is 1. The lowest BCUT2D eigenvalue weighted by Gasteiger charge is -2.11. The lowest BCUT2D eigenvalue weighted by molar-refractivity contribution is 0.305. The van der Waals surface area contributed by atoms with Gasteiger partial charge in [0, 0.05) is 15.6 Å². The first-order chi connectivity index (χ1) is 13.5. The molecule has 28 heavy (non-hydrogen) atoms. The molecule has 0 unspecified atom stereocenters. The fourth-order valence-corrected chi connectivity index (χ4v) is 3.26. The van der Waals surface area contributed by atoms with Crippen LogP contribution in [0.4, 0.5) is 4.39 Å². The van der Waals surface area contributed by atoms with Crippen LogP contribution >= 0.6 is 39.1 Å². The van der Waals surface area contributed by atoms with Gasteiger partial charge in [-0.3, -0.25) is 0 Å². The molecule has 0 aromatic heterocycles. The van der Waals surface area contributed by atoms with Gasteiger partial charge in [-0.25, -0.2) is 4.39 Å². The first-order valence-electron chi connectivity index (χ1n) is 8.21. The second kappa shape index (κ2) is 9.25. The van der Waals surface area contributed by atoms with E-state index < -0.39 is 5.82 Å². The van der Waals surface area contributed by atoms with Crippen molar-refractivity contribution in [2.45, 2.75) is 6.61 Å². The van der Waals surface area contributed by atoms with Crippen LogP contribution in [0.15, 0.2) is 65.1 Å². The van der Waals surface area contributed by atoms with Gasteiger partial charge in [-0.15, -0.1) is 0 Å². The average Bonchev–Trinajstić information content (AvgIpc) is 2.68. The SMILES string of the molecule is N#CC(=Cc1cc(Br)ccc1OCc1ccc(Cl)c(Cl)c1)c1ccccc1F. The molecule has 0 saturated heterocycles. The molecule has 140 valence electrons. The molecule has 6 heteroatoms. The van der Waals surface area contributed by atoms with Crippen LogP contribution in [0, 0.1) is 17.1 Å². The average molecular weight is 477 g/mol. The number of benzene rings is 3. The smallest absolute Gasteiger partial charge is 0.131 e. The van der Waals surface area contributed by atoms with E-state index in [1.165, 1.54) is 6.07 Å².